The number of pyridine rings is 1. The van der Waals surface area contributed by atoms with Crippen LogP contribution < -0.4 is 0 Å². The fraction of sp³-hybridized carbons (Fsp3) is 0.200. The van der Waals surface area contributed by atoms with Gasteiger partial charge in [0, 0.05) is 11.4 Å². The zero-order chi connectivity index (χ0) is 12.3. The van der Waals surface area contributed by atoms with Crippen molar-refractivity contribution in [2.24, 2.45) is 0 Å². The first-order chi connectivity index (χ1) is 8.22. The Morgan fingerprint density at radius 1 is 1.18 bits per heavy atom. The molecule has 0 unspecified atom stereocenters. The molecule has 0 amide bonds. The number of aryl methyl sites for hydroxylation is 2. The number of aromatic nitrogens is 1. The minimum Gasteiger partial charge on any atom is -0.258 e. The fourth-order valence-electron chi connectivity index (χ4n) is 1.85. The van der Waals surface area contributed by atoms with Gasteiger partial charge in [-0.1, -0.05) is 19.1 Å². The Labute approximate surface area is 102 Å². The molecule has 84 valence electrons. The van der Waals surface area contributed by atoms with Crippen molar-refractivity contribution in [2.75, 3.05) is 0 Å². The first-order valence-electron chi connectivity index (χ1n) is 5.71. The van der Waals surface area contributed by atoms with Crippen LogP contribution in [0, 0.1) is 18.3 Å². The molecule has 0 aliphatic rings. The zero-order valence-corrected chi connectivity index (χ0v) is 10.1. The van der Waals surface area contributed by atoms with Crippen LogP contribution >= 0.6 is 0 Å². The van der Waals surface area contributed by atoms with Crippen LogP contribution in [-0.4, -0.2) is 4.98 Å². The summed E-state index contributed by atoms with van der Waals surface area (Å²) in [5.74, 6) is 0. The van der Waals surface area contributed by atoms with Crippen molar-refractivity contribution >= 4 is 0 Å². The molecule has 0 saturated carbocycles. The molecule has 17 heavy (non-hydrogen) atoms. The van der Waals surface area contributed by atoms with Crippen LogP contribution in [0.15, 0.2) is 36.4 Å². The Kier molecular flexibility index (Phi) is 3.20. The smallest absolute Gasteiger partial charge is 0.0991 e. The van der Waals surface area contributed by atoms with E-state index in [1.54, 1.807) is 0 Å². The average molecular weight is 222 g/mol. The van der Waals surface area contributed by atoms with Crippen LogP contribution in [-0.2, 0) is 6.42 Å². The highest BCUT2D eigenvalue weighted by atomic mass is 14.7. The number of hydrogen-bond acceptors (Lipinski definition) is 2. The molecule has 0 saturated heterocycles. The third-order valence-corrected chi connectivity index (χ3v) is 2.69. The number of rotatable bonds is 2. The number of nitrogens with zero attached hydrogens (tertiary/aromatic N) is 2. The summed E-state index contributed by atoms with van der Waals surface area (Å²) in [5, 5.41) is 8.90. The van der Waals surface area contributed by atoms with E-state index in [4.69, 9.17) is 5.26 Å². The van der Waals surface area contributed by atoms with E-state index in [2.05, 4.69) is 30.1 Å². The number of hydrogen-bond donors (Lipinski definition) is 0. The van der Waals surface area contributed by atoms with E-state index in [1.165, 1.54) is 0 Å². The lowest BCUT2D eigenvalue weighted by Gasteiger charge is -2.06. The first kappa shape index (κ1) is 11.3. The summed E-state index contributed by atoms with van der Waals surface area (Å²) in [7, 11) is 0. The van der Waals surface area contributed by atoms with Crippen molar-refractivity contribution in [1.29, 1.82) is 5.26 Å². The van der Waals surface area contributed by atoms with Crippen molar-refractivity contribution in [3.63, 3.8) is 0 Å². The van der Waals surface area contributed by atoms with Gasteiger partial charge in [-0.3, -0.25) is 4.98 Å². The van der Waals surface area contributed by atoms with Gasteiger partial charge in [-0.05, 0) is 48.7 Å². The van der Waals surface area contributed by atoms with E-state index in [1.807, 2.05) is 31.2 Å². The third kappa shape index (κ3) is 2.51. The molecule has 2 rings (SSSR count). The topological polar surface area (TPSA) is 36.7 Å². The number of nitriles is 1. The lowest BCUT2D eigenvalue weighted by molar-refractivity contribution is 1.01. The Hall–Kier alpha value is -2.14. The quantitative estimate of drug-likeness (QED) is 0.779. The van der Waals surface area contributed by atoms with E-state index < -0.39 is 0 Å². The Morgan fingerprint density at radius 3 is 2.71 bits per heavy atom. The molecule has 0 atom stereocenters. The predicted octanol–water partition coefficient (Wildman–Crippen LogP) is 3.49. The van der Waals surface area contributed by atoms with E-state index in [0.717, 1.165) is 28.9 Å². The van der Waals surface area contributed by atoms with Crippen molar-refractivity contribution in [1.82, 2.24) is 4.98 Å². The SMILES string of the molecule is CCc1cc(-c2cccc(C#N)c2)cc(C)n1. The van der Waals surface area contributed by atoms with Crippen LogP contribution in [0.2, 0.25) is 0 Å². The monoisotopic (exact) mass is 222 g/mol. The van der Waals surface area contributed by atoms with Crippen LogP contribution in [0.3, 0.4) is 0 Å². The van der Waals surface area contributed by atoms with Crippen molar-refractivity contribution < 1.29 is 0 Å². The van der Waals surface area contributed by atoms with Gasteiger partial charge in [0.2, 0.25) is 0 Å². The predicted molar refractivity (Wildman–Crippen MR) is 68.5 cm³/mol. The molecule has 2 nitrogen and oxygen atoms in total. The summed E-state index contributed by atoms with van der Waals surface area (Å²) in [6.45, 7) is 4.09. The second-order valence-electron chi connectivity index (χ2n) is 4.03. The van der Waals surface area contributed by atoms with Crippen molar-refractivity contribution in [3.05, 3.63) is 53.3 Å². The van der Waals surface area contributed by atoms with Crippen LogP contribution in [0.25, 0.3) is 11.1 Å². The molecule has 1 aromatic carbocycles. The summed E-state index contributed by atoms with van der Waals surface area (Å²) in [5.41, 5.74) is 5.00. The molecule has 0 bridgehead atoms. The normalized spacial score (nSPS) is 9.94. The van der Waals surface area contributed by atoms with Crippen LogP contribution in [0.5, 0.6) is 0 Å². The molecule has 0 fully saturated rings. The fourth-order valence-corrected chi connectivity index (χ4v) is 1.85. The Bertz CT molecular complexity index is 580. The van der Waals surface area contributed by atoms with Gasteiger partial charge in [0.05, 0.1) is 11.6 Å². The van der Waals surface area contributed by atoms with E-state index in [0.29, 0.717) is 5.56 Å². The molecule has 1 aromatic heterocycles. The molecule has 0 aliphatic heterocycles. The molecule has 0 aliphatic carbocycles. The second kappa shape index (κ2) is 4.80. The number of benzene rings is 1. The van der Waals surface area contributed by atoms with Gasteiger partial charge in [-0.25, -0.2) is 0 Å². The summed E-state index contributed by atoms with van der Waals surface area (Å²) in [4.78, 5) is 4.46. The maximum absolute atomic E-state index is 8.90. The average Bonchev–Trinajstić information content (AvgIpc) is 2.38. The molecular weight excluding hydrogens is 208 g/mol. The van der Waals surface area contributed by atoms with Gasteiger partial charge in [0.15, 0.2) is 0 Å². The van der Waals surface area contributed by atoms with Gasteiger partial charge in [-0.2, -0.15) is 5.26 Å². The zero-order valence-electron chi connectivity index (χ0n) is 10.1. The molecule has 1 heterocycles. The molecule has 0 spiro atoms. The molecule has 0 N–H and O–H groups in total. The summed E-state index contributed by atoms with van der Waals surface area (Å²) in [6, 6.07) is 14.0. The highest BCUT2D eigenvalue weighted by molar-refractivity contribution is 5.65. The minimum atomic E-state index is 0.690. The lowest BCUT2D eigenvalue weighted by Crippen LogP contribution is -1.92. The summed E-state index contributed by atoms with van der Waals surface area (Å²) >= 11 is 0. The Morgan fingerprint density at radius 2 is 2.00 bits per heavy atom. The summed E-state index contributed by atoms with van der Waals surface area (Å²) in [6.07, 6.45) is 0.923. The lowest BCUT2D eigenvalue weighted by atomic mass is 10.0. The first-order valence-corrected chi connectivity index (χ1v) is 5.71. The van der Waals surface area contributed by atoms with Gasteiger partial charge in [0.1, 0.15) is 0 Å². The van der Waals surface area contributed by atoms with Crippen molar-refractivity contribution in [3.8, 4) is 17.2 Å². The molecule has 0 radical (unpaired) electrons. The largest absolute Gasteiger partial charge is 0.258 e. The van der Waals surface area contributed by atoms with Gasteiger partial charge >= 0.3 is 0 Å². The van der Waals surface area contributed by atoms with Gasteiger partial charge in [0.25, 0.3) is 0 Å². The Balaban J connectivity index is 2.52. The maximum atomic E-state index is 8.90. The van der Waals surface area contributed by atoms with E-state index in [-0.39, 0.29) is 0 Å². The van der Waals surface area contributed by atoms with Gasteiger partial charge < -0.3 is 0 Å². The van der Waals surface area contributed by atoms with E-state index in [9.17, 15) is 0 Å². The summed E-state index contributed by atoms with van der Waals surface area (Å²) < 4.78 is 0. The highest BCUT2D eigenvalue weighted by Gasteiger charge is 2.02. The van der Waals surface area contributed by atoms with Crippen LogP contribution in [0.4, 0.5) is 0 Å². The van der Waals surface area contributed by atoms with Crippen LogP contribution in [0.1, 0.15) is 23.9 Å². The molecular formula is C15H14N2. The molecule has 2 heteroatoms. The standard InChI is InChI=1S/C15H14N2/c1-3-15-9-14(7-11(2)17-15)13-6-4-5-12(8-13)10-16/h4-9H,3H2,1-2H3. The molecule has 2 aromatic rings. The highest BCUT2D eigenvalue weighted by Crippen LogP contribution is 2.22. The second-order valence-corrected chi connectivity index (χ2v) is 4.03. The van der Waals surface area contributed by atoms with E-state index >= 15 is 0 Å². The minimum absolute atomic E-state index is 0.690. The van der Waals surface area contributed by atoms with Gasteiger partial charge in [-0.15, -0.1) is 0 Å². The maximum Gasteiger partial charge on any atom is 0.0991 e. The van der Waals surface area contributed by atoms with Crippen molar-refractivity contribution in [2.45, 2.75) is 20.3 Å². The third-order valence-electron chi connectivity index (χ3n) is 2.69.